The molecular weight excluding hydrogens is 272 g/mol. The van der Waals surface area contributed by atoms with Crippen LogP contribution in [-0.2, 0) is 9.59 Å². The molecule has 1 rings (SSSR count). The highest BCUT2D eigenvalue weighted by atomic mass is 32.2. The third-order valence-electron chi connectivity index (χ3n) is 2.19. The Hall–Kier alpha value is -1.15. The average molecular weight is 288 g/mol. The molecule has 0 aliphatic heterocycles. The van der Waals surface area contributed by atoms with Crippen LogP contribution in [0.25, 0.3) is 0 Å². The standard InChI is InChI=1S/C10H16N4O2S2/c1-4-17-9-14-13-8(18-9)12-6(15)5-10(2,3)7(11)16/h4-5H2,1-3H3,(H2,11,16)(H,12,13,15). The van der Waals surface area contributed by atoms with E-state index in [4.69, 9.17) is 5.73 Å². The van der Waals surface area contributed by atoms with E-state index in [1.165, 1.54) is 11.3 Å². The van der Waals surface area contributed by atoms with E-state index in [1.54, 1.807) is 25.6 Å². The maximum atomic E-state index is 11.7. The highest BCUT2D eigenvalue weighted by Crippen LogP contribution is 2.26. The molecule has 18 heavy (non-hydrogen) atoms. The lowest BCUT2D eigenvalue weighted by Gasteiger charge is -2.18. The highest BCUT2D eigenvalue weighted by Gasteiger charge is 2.28. The maximum Gasteiger partial charge on any atom is 0.227 e. The number of rotatable bonds is 6. The Kier molecular flexibility index (Phi) is 5.09. The number of anilines is 1. The van der Waals surface area contributed by atoms with E-state index in [2.05, 4.69) is 15.5 Å². The quantitative estimate of drug-likeness (QED) is 0.610. The number of hydrogen-bond donors (Lipinski definition) is 2. The Balaban J connectivity index is 2.56. The van der Waals surface area contributed by atoms with Crippen LogP contribution in [0.15, 0.2) is 4.34 Å². The second-order valence-electron chi connectivity index (χ2n) is 4.28. The van der Waals surface area contributed by atoms with Crippen LogP contribution in [0, 0.1) is 5.41 Å². The van der Waals surface area contributed by atoms with Gasteiger partial charge in [-0.1, -0.05) is 43.9 Å². The number of nitrogens with zero attached hydrogens (tertiary/aromatic N) is 2. The summed E-state index contributed by atoms with van der Waals surface area (Å²) >= 11 is 2.87. The van der Waals surface area contributed by atoms with E-state index in [0.717, 1.165) is 10.1 Å². The summed E-state index contributed by atoms with van der Waals surface area (Å²) in [5.41, 5.74) is 4.34. The smallest absolute Gasteiger partial charge is 0.227 e. The number of amides is 2. The molecular formula is C10H16N4O2S2. The van der Waals surface area contributed by atoms with Crippen LogP contribution in [0.4, 0.5) is 5.13 Å². The van der Waals surface area contributed by atoms with Crippen molar-refractivity contribution in [2.45, 2.75) is 31.5 Å². The Bertz CT molecular complexity index is 445. The minimum absolute atomic E-state index is 0.0260. The first kappa shape index (κ1) is 14.9. The second kappa shape index (κ2) is 6.14. The Morgan fingerprint density at radius 3 is 2.67 bits per heavy atom. The molecule has 0 atom stereocenters. The summed E-state index contributed by atoms with van der Waals surface area (Å²) < 4.78 is 0.807. The van der Waals surface area contributed by atoms with Gasteiger partial charge in [0, 0.05) is 6.42 Å². The molecule has 6 nitrogen and oxygen atoms in total. The third-order valence-corrected chi connectivity index (χ3v) is 4.04. The number of nitrogens with two attached hydrogens (primary N) is 1. The number of aromatic nitrogens is 2. The first-order chi connectivity index (χ1) is 8.35. The zero-order valence-electron chi connectivity index (χ0n) is 10.5. The molecule has 8 heteroatoms. The van der Waals surface area contributed by atoms with Gasteiger partial charge in [-0.15, -0.1) is 10.2 Å². The predicted octanol–water partition coefficient (Wildman–Crippen LogP) is 1.49. The molecule has 0 aliphatic carbocycles. The van der Waals surface area contributed by atoms with Crippen LogP contribution in [0.1, 0.15) is 27.2 Å². The van der Waals surface area contributed by atoms with Crippen molar-refractivity contribution in [2.24, 2.45) is 11.1 Å². The first-order valence-electron chi connectivity index (χ1n) is 5.41. The number of thioether (sulfide) groups is 1. The van der Waals surface area contributed by atoms with Gasteiger partial charge in [0.05, 0.1) is 5.41 Å². The van der Waals surface area contributed by atoms with Crippen molar-refractivity contribution in [2.75, 3.05) is 11.1 Å². The number of primary amides is 1. The number of hydrogen-bond acceptors (Lipinski definition) is 6. The Morgan fingerprint density at radius 2 is 2.11 bits per heavy atom. The topological polar surface area (TPSA) is 98.0 Å². The van der Waals surface area contributed by atoms with Gasteiger partial charge in [0.2, 0.25) is 16.9 Å². The van der Waals surface area contributed by atoms with E-state index >= 15 is 0 Å². The zero-order chi connectivity index (χ0) is 13.8. The molecule has 100 valence electrons. The molecule has 0 saturated heterocycles. The van der Waals surface area contributed by atoms with E-state index in [1.807, 2.05) is 6.92 Å². The van der Waals surface area contributed by atoms with Gasteiger partial charge in [-0.2, -0.15) is 0 Å². The number of carbonyl (C=O) groups excluding carboxylic acids is 2. The van der Waals surface area contributed by atoms with Gasteiger partial charge < -0.3 is 11.1 Å². The van der Waals surface area contributed by atoms with Crippen molar-refractivity contribution in [1.82, 2.24) is 10.2 Å². The summed E-state index contributed by atoms with van der Waals surface area (Å²) in [6, 6.07) is 0. The van der Waals surface area contributed by atoms with Crippen LogP contribution in [0.3, 0.4) is 0 Å². The lowest BCUT2D eigenvalue weighted by atomic mass is 9.88. The van der Waals surface area contributed by atoms with Gasteiger partial charge in [0.1, 0.15) is 0 Å². The summed E-state index contributed by atoms with van der Waals surface area (Å²) in [5.74, 6) is 0.109. The Labute approximate surface area is 114 Å². The molecule has 0 aromatic carbocycles. The van der Waals surface area contributed by atoms with Crippen LogP contribution in [0.5, 0.6) is 0 Å². The van der Waals surface area contributed by atoms with Gasteiger partial charge in [0.15, 0.2) is 4.34 Å². The SMILES string of the molecule is CCSc1nnc(NC(=O)CC(C)(C)C(N)=O)s1. The fourth-order valence-corrected chi connectivity index (χ4v) is 2.76. The van der Waals surface area contributed by atoms with Gasteiger partial charge in [-0.25, -0.2) is 0 Å². The van der Waals surface area contributed by atoms with Crippen molar-refractivity contribution in [1.29, 1.82) is 0 Å². The summed E-state index contributed by atoms with van der Waals surface area (Å²) in [4.78, 5) is 22.8. The minimum atomic E-state index is -0.865. The molecule has 0 spiro atoms. The van der Waals surface area contributed by atoms with Crippen LogP contribution in [0.2, 0.25) is 0 Å². The van der Waals surface area contributed by atoms with Crippen LogP contribution in [-0.4, -0.2) is 27.8 Å². The van der Waals surface area contributed by atoms with E-state index in [9.17, 15) is 9.59 Å². The largest absolute Gasteiger partial charge is 0.369 e. The molecule has 1 aromatic rings. The molecule has 1 aromatic heterocycles. The van der Waals surface area contributed by atoms with Gasteiger partial charge in [-0.05, 0) is 5.75 Å². The second-order valence-corrected chi connectivity index (χ2v) is 6.77. The number of nitrogens with one attached hydrogen (secondary N) is 1. The first-order valence-corrected chi connectivity index (χ1v) is 7.21. The summed E-state index contributed by atoms with van der Waals surface area (Å²) in [7, 11) is 0. The maximum absolute atomic E-state index is 11.7. The summed E-state index contributed by atoms with van der Waals surface area (Å²) in [6.45, 7) is 5.28. The van der Waals surface area contributed by atoms with Crippen molar-refractivity contribution in [3.8, 4) is 0 Å². The van der Waals surface area contributed by atoms with Crippen molar-refractivity contribution >= 4 is 40.0 Å². The van der Waals surface area contributed by atoms with Crippen molar-refractivity contribution < 1.29 is 9.59 Å². The minimum Gasteiger partial charge on any atom is -0.369 e. The third kappa shape index (κ3) is 4.26. The molecule has 3 N–H and O–H groups in total. The molecule has 0 aliphatic rings. The average Bonchev–Trinajstić information content (AvgIpc) is 2.64. The molecule has 0 fully saturated rings. The van der Waals surface area contributed by atoms with Crippen LogP contribution < -0.4 is 11.1 Å². The zero-order valence-corrected chi connectivity index (χ0v) is 12.2. The van der Waals surface area contributed by atoms with Crippen molar-refractivity contribution in [3.63, 3.8) is 0 Å². The molecule has 1 heterocycles. The normalized spacial score (nSPS) is 11.3. The molecule has 2 amide bonds. The molecule has 0 saturated carbocycles. The van der Waals surface area contributed by atoms with Gasteiger partial charge in [0.25, 0.3) is 0 Å². The van der Waals surface area contributed by atoms with Crippen LogP contribution >= 0.6 is 23.1 Å². The Morgan fingerprint density at radius 1 is 1.44 bits per heavy atom. The fourth-order valence-electron chi connectivity index (χ4n) is 1.09. The van der Waals surface area contributed by atoms with Crippen molar-refractivity contribution in [3.05, 3.63) is 0 Å². The highest BCUT2D eigenvalue weighted by molar-refractivity contribution is 8.01. The molecule has 0 radical (unpaired) electrons. The predicted molar refractivity (Wildman–Crippen MR) is 72.5 cm³/mol. The molecule has 0 unspecified atom stereocenters. The molecule has 0 bridgehead atoms. The van der Waals surface area contributed by atoms with E-state index in [-0.39, 0.29) is 12.3 Å². The monoisotopic (exact) mass is 288 g/mol. The van der Waals surface area contributed by atoms with Gasteiger partial charge >= 0.3 is 0 Å². The lowest BCUT2D eigenvalue weighted by Crippen LogP contribution is -2.35. The summed E-state index contributed by atoms with van der Waals surface area (Å²) in [6.07, 6.45) is 0.0260. The summed E-state index contributed by atoms with van der Waals surface area (Å²) in [5, 5.41) is 10.8. The van der Waals surface area contributed by atoms with E-state index < -0.39 is 11.3 Å². The number of carbonyl (C=O) groups is 2. The lowest BCUT2D eigenvalue weighted by molar-refractivity contribution is -0.130. The van der Waals surface area contributed by atoms with Gasteiger partial charge in [-0.3, -0.25) is 9.59 Å². The fraction of sp³-hybridized carbons (Fsp3) is 0.600. The van der Waals surface area contributed by atoms with E-state index in [0.29, 0.717) is 5.13 Å².